The fraction of sp³-hybridized carbons (Fsp3) is 0.571. The average Bonchev–Trinajstić information content (AvgIpc) is 3.27. The number of anilines is 1. The van der Waals surface area contributed by atoms with Crippen LogP contribution in [0.2, 0.25) is 0 Å². The molecule has 2 amide bonds. The Morgan fingerprint density at radius 3 is 2.62 bits per heavy atom. The van der Waals surface area contributed by atoms with Gasteiger partial charge in [0.2, 0.25) is 5.91 Å². The zero-order valence-corrected chi connectivity index (χ0v) is 12.4. The molecule has 1 aliphatic rings. The van der Waals surface area contributed by atoms with E-state index < -0.39 is 0 Å². The summed E-state index contributed by atoms with van der Waals surface area (Å²) in [6, 6.07) is 3.77. The molecule has 114 valence electrons. The third-order valence-corrected chi connectivity index (χ3v) is 3.12. The first kappa shape index (κ1) is 15.2. The van der Waals surface area contributed by atoms with Crippen molar-refractivity contribution in [1.29, 1.82) is 0 Å². The van der Waals surface area contributed by atoms with Gasteiger partial charge in [-0.25, -0.2) is 0 Å². The number of hydrogen-bond acceptors (Lipinski definition) is 5. The molecule has 1 fully saturated rings. The van der Waals surface area contributed by atoms with Gasteiger partial charge < -0.3 is 15.5 Å². The van der Waals surface area contributed by atoms with Gasteiger partial charge in [0, 0.05) is 33.1 Å². The highest BCUT2D eigenvalue weighted by atomic mass is 16.2. The predicted molar refractivity (Wildman–Crippen MR) is 78.9 cm³/mol. The van der Waals surface area contributed by atoms with Crippen LogP contribution in [0.4, 0.5) is 5.82 Å². The molecule has 0 bridgehead atoms. The molecule has 21 heavy (non-hydrogen) atoms. The van der Waals surface area contributed by atoms with Gasteiger partial charge >= 0.3 is 0 Å². The maximum atomic E-state index is 11.6. The van der Waals surface area contributed by atoms with Crippen molar-refractivity contribution < 1.29 is 9.59 Å². The summed E-state index contributed by atoms with van der Waals surface area (Å²) >= 11 is 0. The maximum Gasteiger partial charge on any atom is 0.273 e. The standard InChI is InChI=1S/C14H21N5O2/c1-19(2)14(21)11-7-8-12(18-17-11)15-9-3-4-13(20)16-10-5-6-10/h7-8,10H,3-6,9H2,1-2H3,(H,15,18)(H,16,20). The van der Waals surface area contributed by atoms with E-state index in [9.17, 15) is 9.59 Å². The quantitative estimate of drug-likeness (QED) is 0.720. The lowest BCUT2D eigenvalue weighted by Crippen LogP contribution is -2.25. The molecule has 7 heteroatoms. The van der Waals surface area contributed by atoms with Crippen LogP contribution in [0.15, 0.2) is 12.1 Å². The van der Waals surface area contributed by atoms with Crippen LogP contribution in [-0.2, 0) is 4.79 Å². The maximum absolute atomic E-state index is 11.6. The Morgan fingerprint density at radius 1 is 1.29 bits per heavy atom. The van der Waals surface area contributed by atoms with E-state index in [0.29, 0.717) is 30.5 Å². The third-order valence-electron chi connectivity index (χ3n) is 3.12. The first-order valence-electron chi connectivity index (χ1n) is 7.15. The van der Waals surface area contributed by atoms with Gasteiger partial charge in [-0.15, -0.1) is 10.2 Å². The lowest BCUT2D eigenvalue weighted by atomic mass is 10.3. The molecule has 2 rings (SSSR count). The molecule has 7 nitrogen and oxygen atoms in total. The van der Waals surface area contributed by atoms with Crippen molar-refractivity contribution in [3.8, 4) is 0 Å². The van der Waals surface area contributed by atoms with E-state index in [1.54, 1.807) is 26.2 Å². The minimum Gasteiger partial charge on any atom is -0.369 e. The van der Waals surface area contributed by atoms with E-state index in [-0.39, 0.29) is 11.8 Å². The highest BCUT2D eigenvalue weighted by molar-refractivity contribution is 5.91. The molecule has 0 aromatic carbocycles. The number of nitrogens with zero attached hydrogens (tertiary/aromatic N) is 3. The number of carbonyl (C=O) groups is 2. The van der Waals surface area contributed by atoms with E-state index in [0.717, 1.165) is 19.3 Å². The van der Waals surface area contributed by atoms with E-state index in [1.807, 2.05) is 0 Å². The minimum atomic E-state index is -0.175. The monoisotopic (exact) mass is 291 g/mol. The van der Waals surface area contributed by atoms with Crippen LogP contribution in [0.1, 0.15) is 36.2 Å². The molecule has 2 N–H and O–H groups in total. The zero-order valence-electron chi connectivity index (χ0n) is 12.4. The van der Waals surface area contributed by atoms with E-state index in [2.05, 4.69) is 20.8 Å². The van der Waals surface area contributed by atoms with Crippen LogP contribution in [0.3, 0.4) is 0 Å². The Labute approximate surface area is 124 Å². The second-order valence-electron chi connectivity index (χ2n) is 5.38. The Kier molecular flexibility index (Phi) is 5.08. The summed E-state index contributed by atoms with van der Waals surface area (Å²) in [7, 11) is 3.34. The SMILES string of the molecule is CN(C)C(=O)c1ccc(NCCCC(=O)NC2CC2)nn1. The van der Waals surface area contributed by atoms with Gasteiger partial charge in [0.25, 0.3) is 5.91 Å². The molecule has 1 heterocycles. The van der Waals surface area contributed by atoms with Crippen molar-refractivity contribution in [1.82, 2.24) is 20.4 Å². The fourth-order valence-corrected chi connectivity index (χ4v) is 1.76. The van der Waals surface area contributed by atoms with Gasteiger partial charge in [-0.2, -0.15) is 0 Å². The van der Waals surface area contributed by atoms with Crippen molar-refractivity contribution in [2.45, 2.75) is 31.7 Å². The van der Waals surface area contributed by atoms with Gasteiger partial charge in [-0.05, 0) is 31.4 Å². The van der Waals surface area contributed by atoms with Crippen molar-refractivity contribution in [3.05, 3.63) is 17.8 Å². The highest BCUT2D eigenvalue weighted by Crippen LogP contribution is 2.18. The molecular formula is C14H21N5O2. The Hall–Kier alpha value is -2.18. The summed E-state index contributed by atoms with van der Waals surface area (Å²) < 4.78 is 0. The summed E-state index contributed by atoms with van der Waals surface area (Å²) in [6.07, 6.45) is 3.46. The number of nitrogens with one attached hydrogen (secondary N) is 2. The second kappa shape index (κ2) is 7.01. The number of carbonyl (C=O) groups excluding carboxylic acids is 2. The smallest absolute Gasteiger partial charge is 0.273 e. The van der Waals surface area contributed by atoms with E-state index in [4.69, 9.17) is 0 Å². The normalized spacial score (nSPS) is 13.6. The van der Waals surface area contributed by atoms with Crippen LogP contribution in [-0.4, -0.2) is 53.6 Å². The largest absolute Gasteiger partial charge is 0.369 e. The van der Waals surface area contributed by atoms with Crippen LogP contribution in [0.25, 0.3) is 0 Å². The highest BCUT2D eigenvalue weighted by Gasteiger charge is 2.22. The summed E-state index contributed by atoms with van der Waals surface area (Å²) in [4.78, 5) is 24.6. The van der Waals surface area contributed by atoms with Crippen molar-refractivity contribution >= 4 is 17.6 Å². The lowest BCUT2D eigenvalue weighted by molar-refractivity contribution is -0.121. The van der Waals surface area contributed by atoms with E-state index in [1.165, 1.54) is 4.90 Å². The Balaban J connectivity index is 1.68. The summed E-state index contributed by atoms with van der Waals surface area (Å²) in [6.45, 7) is 0.647. The average molecular weight is 291 g/mol. The van der Waals surface area contributed by atoms with E-state index >= 15 is 0 Å². The van der Waals surface area contributed by atoms with Crippen LogP contribution in [0.5, 0.6) is 0 Å². The number of amides is 2. The van der Waals surface area contributed by atoms with Gasteiger partial charge in [0.15, 0.2) is 5.69 Å². The zero-order chi connectivity index (χ0) is 15.2. The first-order chi connectivity index (χ1) is 10.1. The Morgan fingerprint density at radius 2 is 2.05 bits per heavy atom. The topological polar surface area (TPSA) is 87.2 Å². The number of aromatic nitrogens is 2. The molecule has 0 unspecified atom stereocenters. The summed E-state index contributed by atoms with van der Waals surface area (Å²) in [5.74, 6) is 0.538. The Bertz CT molecular complexity index is 497. The first-order valence-corrected chi connectivity index (χ1v) is 7.15. The number of rotatable bonds is 7. The van der Waals surface area contributed by atoms with Crippen LogP contribution >= 0.6 is 0 Å². The van der Waals surface area contributed by atoms with Crippen LogP contribution < -0.4 is 10.6 Å². The fourth-order valence-electron chi connectivity index (χ4n) is 1.76. The predicted octanol–water partition coefficient (Wildman–Crippen LogP) is 0.649. The molecule has 0 atom stereocenters. The number of hydrogen-bond donors (Lipinski definition) is 2. The molecular weight excluding hydrogens is 270 g/mol. The molecule has 0 spiro atoms. The van der Waals surface area contributed by atoms with Gasteiger partial charge in [0.1, 0.15) is 5.82 Å². The van der Waals surface area contributed by atoms with Crippen molar-refractivity contribution in [3.63, 3.8) is 0 Å². The second-order valence-corrected chi connectivity index (χ2v) is 5.38. The minimum absolute atomic E-state index is 0.109. The third kappa shape index (κ3) is 5.02. The van der Waals surface area contributed by atoms with Crippen molar-refractivity contribution in [2.75, 3.05) is 26.0 Å². The molecule has 1 aliphatic carbocycles. The molecule has 1 saturated carbocycles. The van der Waals surface area contributed by atoms with Gasteiger partial charge in [-0.1, -0.05) is 0 Å². The molecule has 0 aliphatic heterocycles. The van der Waals surface area contributed by atoms with Crippen molar-refractivity contribution in [2.24, 2.45) is 0 Å². The summed E-state index contributed by atoms with van der Waals surface area (Å²) in [5, 5.41) is 13.9. The molecule has 1 aromatic heterocycles. The van der Waals surface area contributed by atoms with Gasteiger partial charge in [0.05, 0.1) is 0 Å². The molecule has 1 aromatic rings. The van der Waals surface area contributed by atoms with Crippen LogP contribution in [0, 0.1) is 0 Å². The van der Waals surface area contributed by atoms with Gasteiger partial charge in [-0.3, -0.25) is 9.59 Å². The molecule has 0 saturated heterocycles. The lowest BCUT2D eigenvalue weighted by Gasteiger charge is -2.09. The summed E-state index contributed by atoms with van der Waals surface area (Å²) in [5.41, 5.74) is 0.314. The molecule has 0 radical (unpaired) electrons.